The number of nitrogens with zero attached hydrogens (tertiary/aromatic N) is 2. The minimum absolute atomic E-state index is 0.0338. The van der Waals surface area contributed by atoms with Gasteiger partial charge in [0.15, 0.2) is 12.3 Å². The van der Waals surface area contributed by atoms with Crippen LogP contribution >= 0.6 is 15.6 Å². The predicted octanol–water partition coefficient (Wildman–Crippen LogP) is 10.4. The van der Waals surface area contributed by atoms with E-state index in [-0.39, 0.29) is 18.7 Å². The average molecular weight is 1050 g/mol. The summed E-state index contributed by atoms with van der Waals surface area (Å²) < 4.78 is 56.6. The van der Waals surface area contributed by atoms with Crippen LogP contribution in [0.4, 0.5) is 5.82 Å². The number of nitrogen functional groups attached to an aromatic ring is 1. The first-order chi connectivity index (χ1) is 34.7. The van der Waals surface area contributed by atoms with E-state index in [0.29, 0.717) is 25.7 Å². The molecule has 0 saturated carbocycles. The normalized spacial score (nSPS) is 19.9. The van der Waals surface area contributed by atoms with Crippen molar-refractivity contribution in [2.75, 3.05) is 25.6 Å². The first-order valence-corrected chi connectivity index (χ1v) is 28.2. The smallest absolute Gasteiger partial charge is 0.462 e. The summed E-state index contributed by atoms with van der Waals surface area (Å²) in [7, 11) is -10.9. The molecule has 0 amide bonds. The molecule has 1 aromatic heterocycles. The second-order valence-corrected chi connectivity index (χ2v) is 20.0. The maximum Gasteiger partial charge on any atom is 0.481 e. The van der Waals surface area contributed by atoms with Crippen LogP contribution in [0.2, 0.25) is 0 Å². The molecule has 0 aliphatic carbocycles. The monoisotopic (exact) mass is 1050 g/mol. The van der Waals surface area contributed by atoms with Gasteiger partial charge in [-0.2, -0.15) is 9.29 Å². The van der Waals surface area contributed by atoms with Gasteiger partial charge in [-0.25, -0.2) is 13.9 Å². The molecule has 7 atom stereocenters. The average Bonchev–Trinajstić information content (AvgIpc) is 3.62. The molecule has 1 aliphatic heterocycles. The number of unbranched alkanes of at least 4 members (excludes halogenated alkanes) is 8. The number of phosphoric ester groups is 2. The predicted molar refractivity (Wildman–Crippen MR) is 279 cm³/mol. The Balaban J connectivity index is 1.86. The quantitative estimate of drug-likeness (QED) is 0.0177. The van der Waals surface area contributed by atoms with E-state index in [4.69, 9.17) is 29.0 Å². The van der Waals surface area contributed by atoms with Crippen molar-refractivity contribution in [3.8, 4) is 0 Å². The number of allylic oxidation sites excluding steroid dienone is 16. The van der Waals surface area contributed by atoms with Crippen molar-refractivity contribution in [2.45, 2.75) is 173 Å². The summed E-state index contributed by atoms with van der Waals surface area (Å²) in [5, 5.41) is 20.9. The number of rotatable bonds is 40. The molecule has 0 bridgehead atoms. The third kappa shape index (κ3) is 31.3. The lowest BCUT2D eigenvalue weighted by Gasteiger charge is -2.21. The minimum Gasteiger partial charge on any atom is -0.462 e. The molecule has 2 unspecified atom stereocenters. The van der Waals surface area contributed by atoms with Gasteiger partial charge in [0, 0.05) is 19.0 Å². The highest BCUT2D eigenvalue weighted by Gasteiger charge is 2.46. The summed E-state index contributed by atoms with van der Waals surface area (Å²) in [4.78, 5) is 61.9. The van der Waals surface area contributed by atoms with E-state index in [2.05, 4.69) is 96.1 Å². The topological polar surface area (TPSA) is 265 Å². The highest BCUT2D eigenvalue weighted by Crippen LogP contribution is 2.60. The molecular formula is C52H81N3O15P2. The Bertz CT molecular complexity index is 2080. The number of aliphatic hydroxyl groups excluding tert-OH is 2. The fraction of sp³-hybridized carbons (Fsp3) is 0.577. The van der Waals surface area contributed by atoms with Crippen LogP contribution in [0.15, 0.2) is 114 Å². The third-order valence-corrected chi connectivity index (χ3v) is 13.2. The molecular weight excluding hydrogens is 969 g/mol. The Labute approximate surface area is 426 Å². The van der Waals surface area contributed by atoms with Gasteiger partial charge in [-0.05, 0) is 96.0 Å². The maximum atomic E-state index is 12.8. The van der Waals surface area contributed by atoms with Crippen LogP contribution in [-0.4, -0.2) is 85.7 Å². The van der Waals surface area contributed by atoms with E-state index in [0.717, 1.165) is 62.1 Å². The molecule has 404 valence electrons. The molecule has 0 spiro atoms. The van der Waals surface area contributed by atoms with Gasteiger partial charge in [0.1, 0.15) is 30.7 Å². The Hall–Kier alpha value is -4.32. The zero-order chi connectivity index (χ0) is 52.7. The van der Waals surface area contributed by atoms with Crippen LogP contribution < -0.4 is 11.4 Å². The van der Waals surface area contributed by atoms with Gasteiger partial charge in [-0.15, -0.1) is 0 Å². The zero-order valence-electron chi connectivity index (χ0n) is 42.2. The number of hydrogen-bond acceptors (Lipinski definition) is 15. The summed E-state index contributed by atoms with van der Waals surface area (Å²) in [5.41, 5.74) is 4.58. The van der Waals surface area contributed by atoms with Crippen molar-refractivity contribution in [1.29, 1.82) is 0 Å². The number of ether oxygens (including phenoxy) is 3. The molecule has 6 N–H and O–H groups in total. The lowest BCUT2D eigenvalue weighted by molar-refractivity contribution is -0.161. The standard InChI is InChI=1S/C52H81N3O15P2/c1-3-5-7-9-11-13-15-17-19-21-23-25-27-29-31-33-35-37-47(56)65-41-44(68-48(57)38-36-34-32-30-28-26-24-22-20-18-16-14-12-10-8-6-4-2)42-66-71(61,62)70-72(63,64)67-43-45-49(58)50(59)51(69-45)55-40-39-46(53)54-52(55)60/h11-14,17-20,23-26,29-32,39-40,44-45,49-51,58-59H,3-10,15-16,21-22,27-28,33-38,41-43H2,1-2H3,(H,61,62)(H,63,64)(H2,53,54,60)/b13-11-,14-12-,19-17-,20-18-,25-23-,26-24-,31-29-,32-30-/t44-,45-,49-,50-,51-/m1/s1. The highest BCUT2D eigenvalue weighted by atomic mass is 31.3. The number of aromatic nitrogens is 2. The fourth-order valence-corrected chi connectivity index (χ4v) is 8.82. The minimum atomic E-state index is -5.45. The van der Waals surface area contributed by atoms with Crippen molar-refractivity contribution in [2.24, 2.45) is 0 Å². The van der Waals surface area contributed by atoms with Crippen LogP contribution in [0.5, 0.6) is 0 Å². The van der Waals surface area contributed by atoms with E-state index < -0.39 is 83.7 Å². The Kier molecular flexibility index (Phi) is 34.7. The molecule has 0 radical (unpaired) electrons. The Morgan fingerprint density at radius 1 is 0.667 bits per heavy atom. The fourth-order valence-electron chi connectivity index (χ4n) is 6.71. The van der Waals surface area contributed by atoms with Gasteiger partial charge in [-0.3, -0.25) is 23.2 Å². The summed E-state index contributed by atoms with van der Waals surface area (Å²) in [6, 6.07) is 1.24. The van der Waals surface area contributed by atoms with Crippen LogP contribution in [-0.2, 0) is 46.3 Å². The molecule has 20 heteroatoms. The first kappa shape index (κ1) is 63.8. The summed E-state index contributed by atoms with van der Waals surface area (Å²) in [5.74, 6) is -1.44. The van der Waals surface area contributed by atoms with Gasteiger partial charge in [0.2, 0.25) is 0 Å². The number of anilines is 1. The molecule has 1 aliphatic rings. The van der Waals surface area contributed by atoms with Crippen LogP contribution in [0.25, 0.3) is 0 Å². The van der Waals surface area contributed by atoms with Crippen molar-refractivity contribution in [3.63, 3.8) is 0 Å². The lowest BCUT2D eigenvalue weighted by atomic mass is 10.1. The number of phosphoric acid groups is 2. The molecule has 18 nitrogen and oxygen atoms in total. The molecule has 1 aromatic rings. The maximum absolute atomic E-state index is 12.8. The summed E-state index contributed by atoms with van der Waals surface area (Å²) >= 11 is 0. The number of carbonyl (C=O) groups excluding carboxylic acids is 2. The van der Waals surface area contributed by atoms with Crippen molar-refractivity contribution in [3.05, 3.63) is 120 Å². The van der Waals surface area contributed by atoms with Gasteiger partial charge in [-0.1, -0.05) is 137 Å². The SMILES string of the molecule is CCCCC/C=C\C/C=C\C/C=C\C/C=C\CCCC(=O)OC[C@H](COP(=O)(O)OP(=O)(O)OC[C@H]1O[C@@H](n2ccc(N)nc2=O)[C@H](O)[C@@H]1O)OC(=O)CCC/C=C\C/C=C\C/C=C\C/C=C\CCCCC. The number of nitrogens with two attached hydrogens (primary N) is 1. The van der Waals surface area contributed by atoms with E-state index in [9.17, 15) is 43.5 Å². The van der Waals surface area contributed by atoms with Gasteiger partial charge in [0.05, 0.1) is 13.2 Å². The lowest BCUT2D eigenvalue weighted by Crippen LogP contribution is -2.36. The van der Waals surface area contributed by atoms with E-state index in [1.807, 2.05) is 24.3 Å². The third-order valence-electron chi connectivity index (χ3n) is 10.6. The second kappa shape index (κ2) is 39.2. The largest absolute Gasteiger partial charge is 0.481 e. The number of esters is 2. The van der Waals surface area contributed by atoms with Crippen LogP contribution in [0.3, 0.4) is 0 Å². The molecule has 1 fully saturated rings. The highest BCUT2D eigenvalue weighted by molar-refractivity contribution is 7.61. The van der Waals surface area contributed by atoms with E-state index >= 15 is 0 Å². The number of hydrogen-bond donors (Lipinski definition) is 5. The van der Waals surface area contributed by atoms with Crippen molar-refractivity contribution >= 4 is 33.4 Å². The summed E-state index contributed by atoms with van der Waals surface area (Å²) in [6.45, 7) is 1.98. The number of aliphatic hydroxyl groups is 2. The zero-order valence-corrected chi connectivity index (χ0v) is 44.0. The van der Waals surface area contributed by atoms with Gasteiger partial charge < -0.3 is 39.9 Å². The molecule has 0 aromatic carbocycles. The molecule has 2 heterocycles. The van der Waals surface area contributed by atoms with Crippen molar-refractivity contribution < 1.29 is 66.3 Å². The van der Waals surface area contributed by atoms with Crippen molar-refractivity contribution in [1.82, 2.24) is 9.55 Å². The Morgan fingerprint density at radius 3 is 1.58 bits per heavy atom. The van der Waals surface area contributed by atoms with Crippen LogP contribution in [0, 0.1) is 0 Å². The van der Waals surface area contributed by atoms with Gasteiger partial charge in [0.25, 0.3) is 0 Å². The first-order valence-electron chi connectivity index (χ1n) is 25.2. The molecule has 72 heavy (non-hydrogen) atoms. The second-order valence-electron chi connectivity index (χ2n) is 17.0. The number of carbonyl (C=O) groups is 2. The van der Waals surface area contributed by atoms with Gasteiger partial charge >= 0.3 is 33.3 Å². The summed E-state index contributed by atoms with van der Waals surface area (Å²) in [6.07, 6.45) is 43.6. The Morgan fingerprint density at radius 2 is 1.11 bits per heavy atom. The van der Waals surface area contributed by atoms with E-state index in [1.165, 1.54) is 44.6 Å². The van der Waals surface area contributed by atoms with E-state index in [1.54, 1.807) is 0 Å². The van der Waals surface area contributed by atoms with Crippen LogP contribution in [0.1, 0.15) is 148 Å². The molecule has 1 saturated heterocycles. The molecule has 2 rings (SSSR count).